The lowest BCUT2D eigenvalue weighted by atomic mass is 10.2. The molecule has 2 aromatic heterocycles. The second-order valence-electron chi connectivity index (χ2n) is 4.09. The second-order valence-corrected chi connectivity index (χ2v) is 4.87. The summed E-state index contributed by atoms with van der Waals surface area (Å²) in [7, 11) is 0. The van der Waals surface area contributed by atoms with Crippen molar-refractivity contribution in [3.8, 4) is 5.69 Å². The maximum Gasteiger partial charge on any atom is 0.258 e. The van der Waals surface area contributed by atoms with Gasteiger partial charge in [0.2, 0.25) is 5.16 Å². The van der Waals surface area contributed by atoms with Crippen molar-refractivity contribution < 1.29 is 9.21 Å². The zero-order valence-corrected chi connectivity index (χ0v) is 11.9. The Labute approximate surface area is 124 Å². The van der Waals surface area contributed by atoms with Gasteiger partial charge in [0.15, 0.2) is 0 Å². The first-order valence-corrected chi connectivity index (χ1v) is 7.27. The number of benzene rings is 1. The first kappa shape index (κ1) is 13.4. The Bertz CT molecular complexity index is 754. The monoisotopic (exact) mass is 301 g/mol. The van der Waals surface area contributed by atoms with Gasteiger partial charge in [-0.25, -0.2) is 0 Å². The van der Waals surface area contributed by atoms with Crippen molar-refractivity contribution in [2.45, 2.75) is 5.16 Å². The summed E-state index contributed by atoms with van der Waals surface area (Å²) in [6, 6.07) is 8.89. The zero-order valence-electron chi connectivity index (χ0n) is 11.1. The van der Waals surface area contributed by atoms with Crippen molar-refractivity contribution in [3.63, 3.8) is 0 Å². The standard InChI is InChI=1S/C13H11N5O2S/c1-21-13-15-16-17-18(13)11-4-2-3-10(7-11)14-12(19)9-5-6-20-8-9/h2-8H,1H3,(H,14,19). The number of anilines is 1. The molecular weight excluding hydrogens is 290 g/mol. The topological polar surface area (TPSA) is 85.8 Å². The van der Waals surface area contributed by atoms with Gasteiger partial charge in [-0.15, -0.1) is 5.10 Å². The van der Waals surface area contributed by atoms with Gasteiger partial charge in [-0.1, -0.05) is 17.8 Å². The van der Waals surface area contributed by atoms with Crippen LogP contribution in [-0.2, 0) is 0 Å². The predicted molar refractivity (Wildman–Crippen MR) is 77.6 cm³/mol. The smallest absolute Gasteiger partial charge is 0.258 e. The number of hydrogen-bond acceptors (Lipinski definition) is 6. The lowest BCUT2D eigenvalue weighted by Gasteiger charge is -2.07. The number of carbonyl (C=O) groups is 1. The van der Waals surface area contributed by atoms with Crippen LogP contribution in [0, 0.1) is 0 Å². The minimum absolute atomic E-state index is 0.234. The molecule has 1 aromatic carbocycles. The SMILES string of the molecule is CSc1nnnn1-c1cccc(NC(=O)c2ccoc2)c1. The lowest BCUT2D eigenvalue weighted by molar-refractivity contribution is 0.102. The van der Waals surface area contributed by atoms with E-state index in [-0.39, 0.29) is 5.91 Å². The molecule has 1 N–H and O–H groups in total. The molecule has 0 saturated carbocycles. The van der Waals surface area contributed by atoms with Crippen LogP contribution in [0.4, 0.5) is 5.69 Å². The van der Waals surface area contributed by atoms with E-state index < -0.39 is 0 Å². The average molecular weight is 301 g/mol. The van der Waals surface area contributed by atoms with E-state index in [0.717, 1.165) is 5.69 Å². The van der Waals surface area contributed by atoms with Gasteiger partial charge in [0.1, 0.15) is 6.26 Å². The number of rotatable bonds is 4. The summed E-state index contributed by atoms with van der Waals surface area (Å²) in [5, 5.41) is 15.0. The van der Waals surface area contributed by atoms with Crippen LogP contribution in [0.2, 0.25) is 0 Å². The molecule has 3 aromatic rings. The summed E-state index contributed by atoms with van der Waals surface area (Å²) in [6.07, 6.45) is 4.75. The normalized spacial score (nSPS) is 10.5. The molecule has 0 unspecified atom stereocenters. The van der Waals surface area contributed by atoms with E-state index in [4.69, 9.17) is 4.42 Å². The van der Waals surface area contributed by atoms with Crippen LogP contribution in [-0.4, -0.2) is 32.4 Å². The highest BCUT2D eigenvalue weighted by Gasteiger charge is 2.10. The maximum atomic E-state index is 12.0. The fraction of sp³-hybridized carbons (Fsp3) is 0.0769. The molecule has 106 valence electrons. The molecule has 1 amide bonds. The maximum absolute atomic E-state index is 12.0. The van der Waals surface area contributed by atoms with Crippen LogP contribution >= 0.6 is 11.8 Å². The molecular formula is C13H11N5O2S. The van der Waals surface area contributed by atoms with E-state index in [1.165, 1.54) is 24.3 Å². The summed E-state index contributed by atoms with van der Waals surface area (Å²) >= 11 is 1.44. The van der Waals surface area contributed by atoms with Gasteiger partial charge in [0.05, 0.1) is 17.5 Å². The molecule has 0 aliphatic heterocycles. The Morgan fingerprint density at radius 2 is 2.29 bits per heavy atom. The zero-order chi connectivity index (χ0) is 14.7. The average Bonchev–Trinajstić information content (AvgIpc) is 3.18. The molecule has 0 radical (unpaired) electrons. The fourth-order valence-corrected chi connectivity index (χ4v) is 2.21. The number of amides is 1. The Balaban J connectivity index is 1.85. The van der Waals surface area contributed by atoms with E-state index in [1.807, 2.05) is 18.4 Å². The third-order valence-corrected chi connectivity index (χ3v) is 3.38. The highest BCUT2D eigenvalue weighted by molar-refractivity contribution is 7.98. The predicted octanol–water partition coefficient (Wildman–Crippen LogP) is 2.23. The quantitative estimate of drug-likeness (QED) is 0.744. The van der Waals surface area contributed by atoms with Crippen molar-refractivity contribution in [2.75, 3.05) is 11.6 Å². The summed E-state index contributed by atoms with van der Waals surface area (Å²) < 4.78 is 6.50. The molecule has 8 heteroatoms. The van der Waals surface area contributed by atoms with Crippen LogP contribution < -0.4 is 5.32 Å². The lowest BCUT2D eigenvalue weighted by Crippen LogP contribution is -2.11. The number of aromatic nitrogens is 4. The molecule has 7 nitrogen and oxygen atoms in total. The van der Waals surface area contributed by atoms with Crippen molar-refractivity contribution >= 4 is 23.4 Å². The Morgan fingerprint density at radius 3 is 3.05 bits per heavy atom. The van der Waals surface area contributed by atoms with Gasteiger partial charge >= 0.3 is 0 Å². The Morgan fingerprint density at radius 1 is 1.38 bits per heavy atom. The molecule has 3 rings (SSSR count). The van der Waals surface area contributed by atoms with Gasteiger partial charge < -0.3 is 9.73 Å². The number of carbonyl (C=O) groups excluding carboxylic acids is 1. The number of hydrogen-bond donors (Lipinski definition) is 1. The number of nitrogens with one attached hydrogen (secondary N) is 1. The molecule has 0 spiro atoms. The number of tetrazole rings is 1. The van der Waals surface area contributed by atoms with Crippen LogP contribution in [0.25, 0.3) is 5.69 Å². The molecule has 0 aliphatic carbocycles. The van der Waals surface area contributed by atoms with E-state index in [1.54, 1.807) is 22.9 Å². The summed E-state index contributed by atoms with van der Waals surface area (Å²) in [5.74, 6) is -0.234. The van der Waals surface area contributed by atoms with Crippen LogP contribution in [0.1, 0.15) is 10.4 Å². The molecule has 0 aliphatic rings. The summed E-state index contributed by atoms with van der Waals surface area (Å²) in [5.41, 5.74) is 1.89. The Hall–Kier alpha value is -2.61. The van der Waals surface area contributed by atoms with E-state index in [2.05, 4.69) is 20.8 Å². The third-order valence-electron chi connectivity index (χ3n) is 2.76. The van der Waals surface area contributed by atoms with Crippen LogP contribution in [0.3, 0.4) is 0 Å². The number of thioether (sulfide) groups is 1. The minimum atomic E-state index is -0.234. The number of furan rings is 1. The molecule has 0 fully saturated rings. The minimum Gasteiger partial charge on any atom is -0.472 e. The second kappa shape index (κ2) is 5.80. The van der Waals surface area contributed by atoms with Crippen molar-refractivity contribution in [1.82, 2.24) is 20.2 Å². The third kappa shape index (κ3) is 2.79. The van der Waals surface area contributed by atoms with E-state index in [9.17, 15) is 4.79 Å². The van der Waals surface area contributed by atoms with Crippen molar-refractivity contribution in [2.24, 2.45) is 0 Å². The first-order valence-electron chi connectivity index (χ1n) is 6.04. The summed E-state index contributed by atoms with van der Waals surface area (Å²) in [4.78, 5) is 12.0. The molecule has 0 atom stereocenters. The molecule has 0 saturated heterocycles. The fourth-order valence-electron chi connectivity index (χ4n) is 1.78. The molecule has 2 heterocycles. The van der Waals surface area contributed by atoms with E-state index >= 15 is 0 Å². The highest BCUT2D eigenvalue weighted by Crippen LogP contribution is 2.19. The van der Waals surface area contributed by atoms with Gasteiger partial charge in [-0.05, 0) is 40.9 Å². The highest BCUT2D eigenvalue weighted by atomic mass is 32.2. The largest absolute Gasteiger partial charge is 0.472 e. The van der Waals surface area contributed by atoms with Gasteiger partial charge in [0.25, 0.3) is 5.91 Å². The van der Waals surface area contributed by atoms with Crippen molar-refractivity contribution in [3.05, 3.63) is 48.4 Å². The van der Waals surface area contributed by atoms with Gasteiger partial charge in [0, 0.05) is 5.69 Å². The summed E-state index contributed by atoms with van der Waals surface area (Å²) in [6.45, 7) is 0. The molecule has 21 heavy (non-hydrogen) atoms. The van der Waals surface area contributed by atoms with Crippen molar-refractivity contribution in [1.29, 1.82) is 0 Å². The van der Waals surface area contributed by atoms with Crippen LogP contribution in [0.15, 0.2) is 52.4 Å². The van der Waals surface area contributed by atoms with Gasteiger partial charge in [-0.2, -0.15) is 4.68 Å². The first-order chi connectivity index (χ1) is 10.3. The van der Waals surface area contributed by atoms with Gasteiger partial charge in [-0.3, -0.25) is 4.79 Å². The van der Waals surface area contributed by atoms with E-state index in [0.29, 0.717) is 16.4 Å². The molecule has 0 bridgehead atoms. The number of nitrogens with zero attached hydrogens (tertiary/aromatic N) is 4. The Kier molecular flexibility index (Phi) is 3.69. The van der Waals surface area contributed by atoms with Crippen LogP contribution in [0.5, 0.6) is 0 Å².